The van der Waals surface area contributed by atoms with Gasteiger partial charge >= 0.3 is 0 Å². The minimum absolute atomic E-state index is 0.0571. The lowest BCUT2D eigenvalue weighted by Crippen LogP contribution is -2.27. The molecule has 0 radical (unpaired) electrons. The van der Waals surface area contributed by atoms with E-state index in [4.69, 9.17) is 26.3 Å². The molecule has 1 aliphatic rings. The van der Waals surface area contributed by atoms with Crippen molar-refractivity contribution in [3.63, 3.8) is 0 Å². The van der Waals surface area contributed by atoms with Crippen molar-refractivity contribution in [2.24, 2.45) is 0 Å². The van der Waals surface area contributed by atoms with Gasteiger partial charge in [0.15, 0.2) is 5.76 Å². The molecular formula is C18H19N5OS2. The number of aromatic nitrogens is 5. The lowest BCUT2D eigenvalue weighted by atomic mass is 9.92. The zero-order valence-corrected chi connectivity index (χ0v) is 16.7. The van der Waals surface area contributed by atoms with Crippen molar-refractivity contribution in [3.8, 4) is 0 Å². The van der Waals surface area contributed by atoms with Crippen LogP contribution in [0, 0.1) is 0 Å². The topological polar surface area (TPSA) is 69.6 Å². The van der Waals surface area contributed by atoms with E-state index >= 15 is 0 Å². The molecule has 2 atom stereocenters. The minimum Gasteiger partial charge on any atom is -0.358 e. The minimum atomic E-state index is -1.43. The Balaban J connectivity index is 1.69. The van der Waals surface area contributed by atoms with Gasteiger partial charge in [-0.15, -0.1) is 20.7 Å². The van der Waals surface area contributed by atoms with Crippen LogP contribution in [0.4, 0.5) is 0 Å². The van der Waals surface area contributed by atoms with Gasteiger partial charge in [-0.2, -0.15) is 5.10 Å². The lowest BCUT2D eigenvalue weighted by molar-refractivity contribution is 0.335. The molecule has 0 N–H and O–H groups in total. The van der Waals surface area contributed by atoms with Crippen LogP contribution in [0.2, 0.25) is 0 Å². The Hall–Kier alpha value is -2.06. The average Bonchev–Trinajstić information content (AvgIpc) is 3.16. The Labute approximate surface area is 157 Å². The Morgan fingerprint density at radius 3 is 2.77 bits per heavy atom. The number of hydrogen-bond acceptors (Lipinski definition) is 6. The van der Waals surface area contributed by atoms with Gasteiger partial charge in [-0.1, -0.05) is 25.9 Å². The molecule has 6 nitrogen and oxygen atoms in total. The fourth-order valence-electron chi connectivity index (χ4n) is 3.51. The number of thiol groups is 1. The number of rotatable bonds is 1. The van der Waals surface area contributed by atoms with Crippen LogP contribution in [0.25, 0.3) is 22.1 Å². The maximum absolute atomic E-state index is 5.61. The van der Waals surface area contributed by atoms with Crippen LogP contribution in [0.5, 0.6) is 0 Å². The zero-order valence-electron chi connectivity index (χ0n) is 15.0. The molecule has 4 aromatic heterocycles. The highest BCUT2D eigenvalue weighted by molar-refractivity contribution is 8.88. The standard InChI is InChI=1S/C18H19N5OS2/c1-18(2,3)15-14-12(22-24-15)8-10-16(20-14)26(4,25)17(10)23-9-13-11(21-23)6-5-7-19-13/h5-9,17,25H,1-4H3. The molecule has 134 valence electrons. The second-order valence-electron chi connectivity index (χ2n) is 7.82. The average molecular weight is 386 g/mol. The van der Waals surface area contributed by atoms with E-state index in [2.05, 4.69) is 43.2 Å². The van der Waals surface area contributed by atoms with Gasteiger partial charge < -0.3 is 4.52 Å². The van der Waals surface area contributed by atoms with Crippen molar-refractivity contribution in [1.29, 1.82) is 0 Å². The first-order valence-corrected chi connectivity index (χ1v) is 11.5. The van der Waals surface area contributed by atoms with Crippen molar-refractivity contribution in [3.05, 3.63) is 41.9 Å². The molecule has 8 heteroatoms. The molecule has 5 rings (SSSR count). The first-order chi connectivity index (χ1) is 12.3. The van der Waals surface area contributed by atoms with E-state index in [1.54, 1.807) is 6.20 Å². The number of pyridine rings is 2. The van der Waals surface area contributed by atoms with Gasteiger partial charge in [0.1, 0.15) is 27.4 Å². The van der Waals surface area contributed by atoms with E-state index in [-0.39, 0.29) is 10.8 Å². The molecule has 0 saturated heterocycles. The summed E-state index contributed by atoms with van der Waals surface area (Å²) in [4.78, 5) is 9.30. The van der Waals surface area contributed by atoms with Crippen LogP contribution >= 0.6 is 20.7 Å². The molecule has 2 unspecified atom stereocenters. The predicted molar refractivity (Wildman–Crippen MR) is 107 cm³/mol. The van der Waals surface area contributed by atoms with Crippen LogP contribution in [0.1, 0.15) is 37.5 Å². The molecule has 26 heavy (non-hydrogen) atoms. The molecule has 0 aliphatic carbocycles. The fraction of sp³-hybridized carbons (Fsp3) is 0.333. The molecule has 0 saturated carbocycles. The highest BCUT2D eigenvalue weighted by Gasteiger charge is 2.46. The maximum atomic E-state index is 5.61. The number of nitrogens with zero attached hydrogens (tertiary/aromatic N) is 5. The Morgan fingerprint density at radius 1 is 1.23 bits per heavy atom. The van der Waals surface area contributed by atoms with Crippen molar-refractivity contribution < 1.29 is 4.52 Å². The summed E-state index contributed by atoms with van der Waals surface area (Å²) in [7, 11) is -1.43. The van der Waals surface area contributed by atoms with Gasteiger partial charge in [-0.05, 0) is 24.5 Å². The molecule has 0 spiro atoms. The molecule has 0 fully saturated rings. The second-order valence-corrected chi connectivity index (χ2v) is 12.8. The van der Waals surface area contributed by atoms with Crippen molar-refractivity contribution >= 4 is 42.8 Å². The van der Waals surface area contributed by atoms with Crippen LogP contribution in [-0.4, -0.2) is 31.2 Å². The Kier molecular flexibility index (Phi) is 3.11. The summed E-state index contributed by atoms with van der Waals surface area (Å²) >= 11 is 5.01. The van der Waals surface area contributed by atoms with E-state index in [0.717, 1.165) is 38.4 Å². The summed E-state index contributed by atoms with van der Waals surface area (Å²) in [6.45, 7) is 6.31. The molecule has 5 heterocycles. The maximum Gasteiger partial charge on any atom is 0.168 e. The normalized spacial score (nSPS) is 25.0. The number of hydrogen-bond donors (Lipinski definition) is 1. The highest BCUT2D eigenvalue weighted by Crippen LogP contribution is 2.76. The first-order valence-electron chi connectivity index (χ1n) is 8.37. The molecule has 0 aromatic carbocycles. The summed E-state index contributed by atoms with van der Waals surface area (Å²) in [5, 5.41) is 10.1. The molecule has 0 amide bonds. The summed E-state index contributed by atoms with van der Waals surface area (Å²) < 4.78 is 7.59. The van der Waals surface area contributed by atoms with Crippen LogP contribution in [0.3, 0.4) is 0 Å². The van der Waals surface area contributed by atoms with Crippen molar-refractivity contribution in [2.45, 2.75) is 36.6 Å². The van der Waals surface area contributed by atoms with Crippen LogP contribution in [0.15, 0.2) is 40.1 Å². The summed E-state index contributed by atoms with van der Waals surface area (Å²) in [5.74, 6) is 0.816. The van der Waals surface area contributed by atoms with E-state index in [1.165, 1.54) is 0 Å². The van der Waals surface area contributed by atoms with Crippen molar-refractivity contribution in [1.82, 2.24) is 24.9 Å². The Bertz CT molecular complexity index is 1140. The third-order valence-corrected chi connectivity index (χ3v) is 8.32. The lowest BCUT2D eigenvalue weighted by Gasteiger charge is -2.48. The quantitative estimate of drug-likeness (QED) is 0.387. The van der Waals surface area contributed by atoms with Crippen LogP contribution in [-0.2, 0) is 5.41 Å². The summed E-state index contributed by atoms with van der Waals surface area (Å²) in [6.07, 6.45) is 5.92. The van der Waals surface area contributed by atoms with Gasteiger partial charge in [0.25, 0.3) is 0 Å². The zero-order chi connectivity index (χ0) is 18.3. The highest BCUT2D eigenvalue weighted by atomic mass is 33.1. The third kappa shape index (κ3) is 2.08. The SMILES string of the molecule is CC(C)(C)c1onc2cc3c(nc12)S(C)(S)C3n1cc2ncccc2n1. The fourth-order valence-corrected chi connectivity index (χ4v) is 6.74. The monoisotopic (exact) mass is 385 g/mol. The van der Waals surface area contributed by atoms with Crippen LogP contribution < -0.4 is 0 Å². The van der Waals surface area contributed by atoms with E-state index < -0.39 is 9.06 Å². The summed E-state index contributed by atoms with van der Waals surface area (Å²) in [6, 6.07) is 5.94. The van der Waals surface area contributed by atoms with Gasteiger partial charge in [0.05, 0.1) is 11.2 Å². The first kappa shape index (κ1) is 16.1. The molecule has 1 aliphatic heterocycles. The van der Waals surface area contributed by atoms with Gasteiger partial charge in [-0.25, -0.2) is 4.98 Å². The molecular weight excluding hydrogens is 366 g/mol. The van der Waals surface area contributed by atoms with Gasteiger partial charge in [-0.3, -0.25) is 9.67 Å². The van der Waals surface area contributed by atoms with E-state index in [0.29, 0.717) is 0 Å². The van der Waals surface area contributed by atoms with Gasteiger partial charge in [0, 0.05) is 17.2 Å². The molecule has 4 aromatic rings. The van der Waals surface area contributed by atoms with E-state index in [9.17, 15) is 0 Å². The van der Waals surface area contributed by atoms with E-state index in [1.807, 2.05) is 23.0 Å². The smallest absolute Gasteiger partial charge is 0.168 e. The second kappa shape index (κ2) is 5.01. The Morgan fingerprint density at radius 2 is 2.04 bits per heavy atom. The molecule has 0 bridgehead atoms. The predicted octanol–water partition coefficient (Wildman–Crippen LogP) is 4.46. The number of fused-ring (bicyclic) bond motifs is 3. The van der Waals surface area contributed by atoms with Gasteiger partial charge in [0.2, 0.25) is 0 Å². The summed E-state index contributed by atoms with van der Waals surface area (Å²) in [5.41, 5.74) is 4.37. The largest absolute Gasteiger partial charge is 0.358 e. The van der Waals surface area contributed by atoms with Crippen molar-refractivity contribution in [2.75, 3.05) is 6.26 Å². The third-order valence-electron chi connectivity index (χ3n) is 4.75.